The van der Waals surface area contributed by atoms with Crippen LogP contribution in [0.4, 0.5) is 5.95 Å². The number of nitrogens with zero attached hydrogens (tertiary/aromatic N) is 2. The minimum atomic E-state index is -1.30. The fraction of sp³-hybridized carbons (Fsp3) is 0.444. The summed E-state index contributed by atoms with van der Waals surface area (Å²) in [5.41, 5.74) is 5.47. The second-order valence-electron chi connectivity index (χ2n) is 3.13. The third-order valence-corrected chi connectivity index (χ3v) is 1.97. The van der Waals surface area contributed by atoms with Crippen molar-refractivity contribution in [2.45, 2.75) is 18.6 Å². The number of esters is 1. The highest BCUT2D eigenvalue weighted by Gasteiger charge is 2.23. The lowest BCUT2D eigenvalue weighted by atomic mass is 10.1. The average Bonchev–Trinajstić information content (AvgIpc) is 2.27. The van der Waals surface area contributed by atoms with Gasteiger partial charge in [-0.3, -0.25) is 4.79 Å². The minimum absolute atomic E-state index is 0.0122. The highest BCUT2D eigenvalue weighted by atomic mass is 16.5. The third-order valence-electron chi connectivity index (χ3n) is 1.97. The zero-order valence-electron chi connectivity index (χ0n) is 8.70. The molecule has 7 nitrogen and oxygen atoms in total. The largest absolute Gasteiger partial charge is 0.469 e. The van der Waals surface area contributed by atoms with Crippen LogP contribution >= 0.6 is 0 Å². The maximum atomic E-state index is 10.9. The highest BCUT2D eigenvalue weighted by molar-refractivity contribution is 5.69. The summed E-state index contributed by atoms with van der Waals surface area (Å²) in [6, 6.07) is 1.40. The summed E-state index contributed by atoms with van der Waals surface area (Å²) in [7, 11) is 1.20. The van der Waals surface area contributed by atoms with Gasteiger partial charge in [0.25, 0.3) is 0 Å². The van der Waals surface area contributed by atoms with Crippen molar-refractivity contribution >= 4 is 11.9 Å². The van der Waals surface area contributed by atoms with E-state index in [2.05, 4.69) is 14.7 Å². The van der Waals surface area contributed by atoms with E-state index in [1.165, 1.54) is 19.4 Å². The maximum absolute atomic E-state index is 10.9. The number of aliphatic hydroxyl groups excluding tert-OH is 2. The van der Waals surface area contributed by atoms with Crippen LogP contribution in [0.5, 0.6) is 0 Å². The van der Waals surface area contributed by atoms with Crippen molar-refractivity contribution in [3.05, 3.63) is 18.0 Å². The number of anilines is 1. The lowest BCUT2D eigenvalue weighted by Gasteiger charge is -2.15. The van der Waals surface area contributed by atoms with Crippen LogP contribution in [0.15, 0.2) is 12.3 Å². The van der Waals surface area contributed by atoms with Crippen LogP contribution in [-0.2, 0) is 9.53 Å². The van der Waals surface area contributed by atoms with E-state index < -0.39 is 18.2 Å². The van der Waals surface area contributed by atoms with E-state index in [9.17, 15) is 15.0 Å². The maximum Gasteiger partial charge on any atom is 0.308 e. The molecule has 0 saturated heterocycles. The molecule has 0 bridgehead atoms. The van der Waals surface area contributed by atoms with Gasteiger partial charge in [0.1, 0.15) is 6.10 Å². The zero-order chi connectivity index (χ0) is 12.1. The van der Waals surface area contributed by atoms with Crippen LogP contribution in [0.3, 0.4) is 0 Å². The average molecular weight is 227 g/mol. The number of methoxy groups -OCH3 is 1. The van der Waals surface area contributed by atoms with E-state index in [0.717, 1.165) is 0 Å². The van der Waals surface area contributed by atoms with Crippen molar-refractivity contribution in [3.8, 4) is 0 Å². The first kappa shape index (κ1) is 12.3. The molecule has 1 heterocycles. The lowest BCUT2D eigenvalue weighted by Crippen LogP contribution is -2.23. The van der Waals surface area contributed by atoms with Crippen molar-refractivity contribution in [1.29, 1.82) is 0 Å². The molecule has 1 aromatic heterocycles. The number of hydrogen-bond donors (Lipinski definition) is 3. The Bertz CT molecular complexity index is 372. The summed E-state index contributed by atoms with van der Waals surface area (Å²) in [6.07, 6.45) is -1.56. The summed E-state index contributed by atoms with van der Waals surface area (Å²) in [5, 5.41) is 19.2. The fourth-order valence-corrected chi connectivity index (χ4v) is 1.12. The molecule has 0 aliphatic rings. The number of nitrogen functional groups attached to an aromatic ring is 1. The lowest BCUT2D eigenvalue weighted by molar-refractivity contribution is -0.144. The normalized spacial score (nSPS) is 14.2. The van der Waals surface area contributed by atoms with Gasteiger partial charge in [0.15, 0.2) is 0 Å². The van der Waals surface area contributed by atoms with Gasteiger partial charge in [0, 0.05) is 6.20 Å². The molecule has 88 valence electrons. The molecule has 2 unspecified atom stereocenters. The standard InChI is InChI=1S/C9H13N3O4/c1-16-7(14)4-6(13)8(15)5-2-3-11-9(10)12-5/h2-3,6,8,13,15H,4H2,1H3,(H2,10,11,12). The van der Waals surface area contributed by atoms with Gasteiger partial charge in [-0.05, 0) is 6.07 Å². The number of hydrogen-bond acceptors (Lipinski definition) is 7. The zero-order valence-corrected chi connectivity index (χ0v) is 8.70. The molecule has 0 aliphatic carbocycles. The van der Waals surface area contributed by atoms with Crippen molar-refractivity contribution in [2.24, 2.45) is 0 Å². The van der Waals surface area contributed by atoms with Crippen molar-refractivity contribution in [2.75, 3.05) is 12.8 Å². The van der Waals surface area contributed by atoms with Gasteiger partial charge in [-0.25, -0.2) is 9.97 Å². The van der Waals surface area contributed by atoms with E-state index in [1.54, 1.807) is 0 Å². The predicted octanol–water partition coefficient (Wildman–Crippen LogP) is -0.984. The van der Waals surface area contributed by atoms with Crippen molar-refractivity contribution in [3.63, 3.8) is 0 Å². The summed E-state index contributed by atoms with van der Waals surface area (Å²) in [4.78, 5) is 18.2. The summed E-state index contributed by atoms with van der Waals surface area (Å²) in [6.45, 7) is 0. The van der Waals surface area contributed by atoms with Gasteiger partial charge in [-0.1, -0.05) is 0 Å². The summed E-state index contributed by atoms with van der Waals surface area (Å²) in [5.74, 6) is -0.629. The van der Waals surface area contributed by atoms with Crippen molar-refractivity contribution in [1.82, 2.24) is 9.97 Å². The number of rotatable bonds is 4. The number of carbonyl (C=O) groups is 1. The van der Waals surface area contributed by atoms with Gasteiger partial charge in [-0.2, -0.15) is 0 Å². The van der Waals surface area contributed by atoms with Crippen LogP contribution in [-0.4, -0.2) is 39.4 Å². The highest BCUT2D eigenvalue weighted by Crippen LogP contribution is 2.17. The molecule has 0 amide bonds. The van der Waals surface area contributed by atoms with E-state index in [1.807, 2.05) is 0 Å². The molecule has 1 aromatic rings. The summed E-state index contributed by atoms with van der Waals surface area (Å²) >= 11 is 0. The van der Waals surface area contributed by atoms with E-state index in [0.29, 0.717) is 0 Å². The molecule has 2 atom stereocenters. The van der Waals surface area contributed by atoms with Crippen molar-refractivity contribution < 1.29 is 19.7 Å². The van der Waals surface area contributed by atoms with Crippen LogP contribution < -0.4 is 5.73 Å². The van der Waals surface area contributed by atoms with E-state index in [-0.39, 0.29) is 18.1 Å². The van der Waals surface area contributed by atoms with E-state index in [4.69, 9.17) is 5.73 Å². The number of carbonyl (C=O) groups excluding carboxylic acids is 1. The van der Waals surface area contributed by atoms with Gasteiger partial charge < -0.3 is 20.7 Å². The predicted molar refractivity (Wildman–Crippen MR) is 54.0 cm³/mol. The molecular formula is C9H13N3O4. The topological polar surface area (TPSA) is 119 Å². The van der Waals surface area contributed by atoms with Gasteiger partial charge >= 0.3 is 5.97 Å². The Morgan fingerprint density at radius 3 is 2.88 bits per heavy atom. The molecule has 0 fully saturated rings. The van der Waals surface area contributed by atoms with Crippen LogP contribution in [0.1, 0.15) is 18.2 Å². The van der Waals surface area contributed by atoms with Crippen LogP contribution in [0.25, 0.3) is 0 Å². The number of aliphatic hydroxyl groups is 2. The number of ether oxygens (including phenoxy) is 1. The first-order valence-electron chi connectivity index (χ1n) is 4.56. The fourth-order valence-electron chi connectivity index (χ4n) is 1.12. The second kappa shape index (κ2) is 5.38. The smallest absolute Gasteiger partial charge is 0.308 e. The minimum Gasteiger partial charge on any atom is -0.469 e. The monoisotopic (exact) mass is 227 g/mol. The van der Waals surface area contributed by atoms with Gasteiger partial charge in [-0.15, -0.1) is 0 Å². The molecule has 0 spiro atoms. The van der Waals surface area contributed by atoms with Crippen LogP contribution in [0, 0.1) is 0 Å². The number of nitrogens with two attached hydrogens (primary N) is 1. The van der Waals surface area contributed by atoms with E-state index >= 15 is 0 Å². The Morgan fingerprint density at radius 2 is 2.31 bits per heavy atom. The molecule has 7 heteroatoms. The molecule has 0 radical (unpaired) electrons. The summed E-state index contributed by atoms with van der Waals surface area (Å²) < 4.78 is 4.36. The third kappa shape index (κ3) is 3.14. The Labute approximate surface area is 91.9 Å². The molecule has 0 aromatic carbocycles. The quantitative estimate of drug-likeness (QED) is 0.565. The first-order valence-corrected chi connectivity index (χ1v) is 4.56. The Kier molecular flexibility index (Phi) is 4.15. The van der Waals surface area contributed by atoms with Gasteiger partial charge in [0.05, 0.1) is 25.3 Å². The molecule has 4 N–H and O–H groups in total. The SMILES string of the molecule is COC(=O)CC(O)C(O)c1ccnc(N)n1. The molecule has 0 saturated carbocycles. The Morgan fingerprint density at radius 1 is 1.62 bits per heavy atom. The van der Waals surface area contributed by atoms with Gasteiger partial charge in [0.2, 0.25) is 5.95 Å². The number of aromatic nitrogens is 2. The van der Waals surface area contributed by atoms with Crippen LogP contribution in [0.2, 0.25) is 0 Å². The second-order valence-corrected chi connectivity index (χ2v) is 3.13. The molecular weight excluding hydrogens is 214 g/mol. The molecule has 1 rings (SSSR count). The molecule has 0 aliphatic heterocycles. The Balaban J connectivity index is 2.70. The molecule has 16 heavy (non-hydrogen) atoms. The first-order chi connectivity index (χ1) is 7.54. The Hall–Kier alpha value is -1.73.